The largest absolute Gasteiger partial charge is 0.380 e. The molecule has 2 nitrogen and oxygen atoms in total. The summed E-state index contributed by atoms with van der Waals surface area (Å²) in [4.78, 5) is 4.45. The van der Waals surface area contributed by atoms with Gasteiger partial charge in [-0.05, 0) is 25.0 Å². The van der Waals surface area contributed by atoms with E-state index in [1.54, 1.807) is 0 Å². The van der Waals surface area contributed by atoms with Crippen LogP contribution in [0.25, 0.3) is 0 Å². The highest BCUT2D eigenvalue weighted by molar-refractivity contribution is 5.64. The molecular weight excluding hydrogens is 184 g/mol. The van der Waals surface area contributed by atoms with Crippen LogP contribution in [0.3, 0.4) is 0 Å². The molecule has 1 rings (SSSR count). The van der Waals surface area contributed by atoms with Crippen LogP contribution in [0, 0.1) is 5.92 Å². The fourth-order valence-electron chi connectivity index (χ4n) is 1.11. The summed E-state index contributed by atoms with van der Waals surface area (Å²) in [5.74, 6) is 0.609. The third kappa shape index (κ3) is 4.63. The van der Waals surface area contributed by atoms with Gasteiger partial charge in [-0.1, -0.05) is 32.0 Å². The van der Waals surface area contributed by atoms with Crippen molar-refractivity contribution in [1.82, 2.24) is 0 Å². The van der Waals surface area contributed by atoms with Crippen molar-refractivity contribution in [1.29, 1.82) is 0 Å². The van der Waals surface area contributed by atoms with Crippen molar-refractivity contribution >= 4 is 11.9 Å². The summed E-state index contributed by atoms with van der Waals surface area (Å²) in [7, 11) is 0. The van der Waals surface area contributed by atoms with Gasteiger partial charge in [0, 0.05) is 24.5 Å². The van der Waals surface area contributed by atoms with E-state index >= 15 is 0 Å². The molecule has 1 aromatic carbocycles. The number of rotatable bonds is 5. The van der Waals surface area contributed by atoms with Crippen molar-refractivity contribution in [3.8, 4) is 0 Å². The van der Waals surface area contributed by atoms with Crippen molar-refractivity contribution < 1.29 is 0 Å². The molecule has 82 valence electrons. The summed E-state index contributed by atoms with van der Waals surface area (Å²) in [6.45, 7) is 7.31. The van der Waals surface area contributed by atoms with Crippen LogP contribution >= 0.6 is 0 Å². The Kier molecular flexibility index (Phi) is 4.88. The smallest absolute Gasteiger partial charge is 0.0499 e. The highest BCUT2D eigenvalue weighted by Gasteiger charge is 2.01. The molecule has 0 aliphatic rings. The number of hydrogen-bond acceptors (Lipinski definition) is 2. The first-order valence-electron chi connectivity index (χ1n) is 5.50. The molecule has 0 saturated heterocycles. The minimum Gasteiger partial charge on any atom is -0.380 e. The van der Waals surface area contributed by atoms with Crippen LogP contribution in [-0.4, -0.2) is 18.8 Å². The average Bonchev–Trinajstić information content (AvgIpc) is 2.25. The van der Waals surface area contributed by atoms with Crippen molar-refractivity contribution in [2.75, 3.05) is 11.9 Å². The molecular formula is C13H20N2. The monoisotopic (exact) mass is 204 g/mol. The molecule has 1 N–H and O–H groups in total. The van der Waals surface area contributed by atoms with Gasteiger partial charge in [-0.15, -0.1) is 0 Å². The maximum absolute atomic E-state index is 4.45. The third-order valence-electron chi connectivity index (χ3n) is 2.48. The van der Waals surface area contributed by atoms with Crippen LogP contribution in [0.15, 0.2) is 35.3 Å². The van der Waals surface area contributed by atoms with Crippen LogP contribution in [-0.2, 0) is 0 Å². The Labute approximate surface area is 92.4 Å². The predicted octanol–water partition coefficient (Wildman–Crippen LogP) is 3.21. The van der Waals surface area contributed by atoms with E-state index in [-0.39, 0.29) is 0 Å². The Balaban J connectivity index is 2.28. The Hall–Kier alpha value is -1.31. The van der Waals surface area contributed by atoms with Crippen molar-refractivity contribution in [2.24, 2.45) is 10.9 Å². The summed E-state index contributed by atoms with van der Waals surface area (Å²) < 4.78 is 0. The number of anilines is 1. The molecule has 0 fully saturated rings. The molecule has 2 heteroatoms. The van der Waals surface area contributed by atoms with Gasteiger partial charge in [-0.2, -0.15) is 0 Å². The van der Waals surface area contributed by atoms with Gasteiger partial charge in [0.25, 0.3) is 0 Å². The first-order valence-corrected chi connectivity index (χ1v) is 5.50. The van der Waals surface area contributed by atoms with Crippen LogP contribution in [0.4, 0.5) is 5.69 Å². The number of aliphatic imine (C=N–C) groups is 1. The normalized spacial score (nSPS) is 13.3. The lowest BCUT2D eigenvalue weighted by Gasteiger charge is -2.09. The van der Waals surface area contributed by atoms with Gasteiger partial charge < -0.3 is 5.32 Å². The molecule has 0 saturated carbocycles. The number of benzene rings is 1. The third-order valence-corrected chi connectivity index (χ3v) is 2.48. The second kappa shape index (κ2) is 6.23. The molecule has 1 aromatic rings. The molecule has 1 atom stereocenters. The molecule has 0 bridgehead atoms. The Morgan fingerprint density at radius 2 is 1.87 bits per heavy atom. The van der Waals surface area contributed by atoms with Crippen LogP contribution < -0.4 is 5.32 Å². The predicted molar refractivity (Wildman–Crippen MR) is 67.7 cm³/mol. The Morgan fingerprint density at radius 3 is 2.47 bits per heavy atom. The maximum Gasteiger partial charge on any atom is 0.0499 e. The van der Waals surface area contributed by atoms with Gasteiger partial charge in [-0.25, -0.2) is 0 Å². The minimum absolute atomic E-state index is 0.405. The van der Waals surface area contributed by atoms with Gasteiger partial charge in [-0.3, -0.25) is 4.99 Å². The lowest BCUT2D eigenvalue weighted by molar-refractivity contribution is 0.532. The quantitative estimate of drug-likeness (QED) is 0.732. The summed E-state index contributed by atoms with van der Waals surface area (Å²) in [5.41, 5.74) is 1.14. The van der Waals surface area contributed by atoms with E-state index in [9.17, 15) is 0 Å². The van der Waals surface area contributed by atoms with Gasteiger partial charge in [0.05, 0.1) is 0 Å². The first-order chi connectivity index (χ1) is 7.20. The Morgan fingerprint density at radius 1 is 1.20 bits per heavy atom. The summed E-state index contributed by atoms with van der Waals surface area (Å²) in [6, 6.07) is 10.6. The molecule has 0 heterocycles. The number of para-hydroxylation sites is 1. The van der Waals surface area contributed by atoms with E-state index < -0.39 is 0 Å². The molecule has 0 spiro atoms. The average molecular weight is 204 g/mol. The lowest BCUT2D eigenvalue weighted by Crippen LogP contribution is -2.10. The van der Waals surface area contributed by atoms with E-state index in [1.807, 2.05) is 24.4 Å². The number of hydrogen-bond donors (Lipinski definition) is 1. The molecule has 15 heavy (non-hydrogen) atoms. The van der Waals surface area contributed by atoms with Gasteiger partial charge in [0.2, 0.25) is 0 Å². The molecule has 0 aliphatic carbocycles. The van der Waals surface area contributed by atoms with Crippen LogP contribution in [0.1, 0.15) is 20.8 Å². The summed E-state index contributed by atoms with van der Waals surface area (Å²) in [5, 5.41) is 3.29. The van der Waals surface area contributed by atoms with E-state index in [0.29, 0.717) is 12.0 Å². The highest BCUT2D eigenvalue weighted by Crippen LogP contribution is 2.05. The first kappa shape index (κ1) is 11.8. The second-order valence-corrected chi connectivity index (χ2v) is 4.06. The zero-order valence-corrected chi connectivity index (χ0v) is 9.77. The van der Waals surface area contributed by atoms with Crippen molar-refractivity contribution in [3.63, 3.8) is 0 Å². The van der Waals surface area contributed by atoms with Gasteiger partial charge in [0.15, 0.2) is 0 Å². The highest BCUT2D eigenvalue weighted by atomic mass is 14.9. The van der Waals surface area contributed by atoms with Gasteiger partial charge in [0.1, 0.15) is 0 Å². The zero-order valence-electron chi connectivity index (χ0n) is 9.77. The lowest BCUT2D eigenvalue weighted by atomic mass is 10.1. The van der Waals surface area contributed by atoms with Crippen LogP contribution in [0.2, 0.25) is 0 Å². The molecule has 0 aromatic heterocycles. The zero-order chi connectivity index (χ0) is 11.1. The summed E-state index contributed by atoms with van der Waals surface area (Å²) >= 11 is 0. The molecule has 1 unspecified atom stereocenters. The van der Waals surface area contributed by atoms with E-state index in [4.69, 9.17) is 0 Å². The maximum atomic E-state index is 4.45. The van der Waals surface area contributed by atoms with Crippen molar-refractivity contribution in [3.05, 3.63) is 30.3 Å². The SMILES string of the molecule is CC(C)C(C)/N=C\CNc1ccccc1. The minimum atomic E-state index is 0.405. The molecule has 0 aliphatic heterocycles. The van der Waals surface area contributed by atoms with E-state index in [2.05, 4.69) is 43.2 Å². The van der Waals surface area contributed by atoms with Crippen molar-refractivity contribution in [2.45, 2.75) is 26.8 Å². The molecule has 0 amide bonds. The summed E-state index contributed by atoms with van der Waals surface area (Å²) in [6.07, 6.45) is 1.96. The Bertz CT molecular complexity index is 291. The fourth-order valence-corrected chi connectivity index (χ4v) is 1.11. The fraction of sp³-hybridized carbons (Fsp3) is 0.462. The van der Waals surface area contributed by atoms with Crippen LogP contribution in [0.5, 0.6) is 0 Å². The van der Waals surface area contributed by atoms with E-state index in [1.165, 1.54) is 0 Å². The van der Waals surface area contributed by atoms with E-state index in [0.717, 1.165) is 12.2 Å². The van der Waals surface area contributed by atoms with Gasteiger partial charge >= 0.3 is 0 Å². The standard InChI is InChI=1S/C13H20N2/c1-11(2)12(3)14-9-10-15-13-7-5-4-6-8-13/h4-9,11-12,15H,10H2,1-3H3/b14-9-. The number of nitrogens with one attached hydrogen (secondary N) is 1. The number of nitrogens with zero attached hydrogens (tertiary/aromatic N) is 1. The second-order valence-electron chi connectivity index (χ2n) is 4.06. The molecule has 0 radical (unpaired) electrons. The topological polar surface area (TPSA) is 24.4 Å².